The molecule has 0 spiro atoms. The second-order valence-electron chi connectivity index (χ2n) is 12.7. The Morgan fingerprint density at radius 3 is 1.88 bits per heavy atom. The maximum Gasteiger partial charge on any atom is 0.160 e. The predicted molar refractivity (Wildman–Crippen MR) is 205 cm³/mol. The molecule has 0 aliphatic rings. The van der Waals surface area contributed by atoms with Crippen LogP contribution in [0.5, 0.6) is 0 Å². The predicted octanol–water partition coefficient (Wildman–Crippen LogP) is 12.0. The lowest BCUT2D eigenvalue weighted by atomic mass is 10.00. The topological polar surface area (TPSA) is 30.7 Å². The quantitative estimate of drug-likeness (QED) is 0.195. The summed E-state index contributed by atoms with van der Waals surface area (Å²) in [6.45, 7) is 0. The zero-order valence-corrected chi connectivity index (χ0v) is 26.6. The van der Waals surface area contributed by atoms with Crippen LogP contribution in [0, 0.1) is 0 Å². The van der Waals surface area contributed by atoms with E-state index in [2.05, 4.69) is 174 Å². The summed E-state index contributed by atoms with van der Waals surface area (Å²) in [5, 5.41) is 9.71. The molecule has 49 heavy (non-hydrogen) atoms. The first-order valence-corrected chi connectivity index (χ1v) is 16.7. The SMILES string of the molecule is c1ccc(-c2cc(-c3cccc4ccccc34)nc(-c3ccc4cc(-n5c6ccccc6c6cc7ccccc7cc65)ccc4c3)n2)cc1. The van der Waals surface area contributed by atoms with Gasteiger partial charge in [0.1, 0.15) is 0 Å². The van der Waals surface area contributed by atoms with Gasteiger partial charge in [-0.1, -0.05) is 133 Å². The summed E-state index contributed by atoms with van der Waals surface area (Å²) in [6.07, 6.45) is 0. The van der Waals surface area contributed by atoms with E-state index in [0.717, 1.165) is 39.2 Å². The van der Waals surface area contributed by atoms with E-state index < -0.39 is 0 Å². The van der Waals surface area contributed by atoms with Gasteiger partial charge in [0, 0.05) is 33.2 Å². The number of para-hydroxylation sites is 1. The molecule has 0 aliphatic heterocycles. The number of fused-ring (bicyclic) bond motifs is 6. The smallest absolute Gasteiger partial charge is 0.160 e. The number of benzene rings is 8. The van der Waals surface area contributed by atoms with Crippen molar-refractivity contribution in [3.05, 3.63) is 176 Å². The second-order valence-corrected chi connectivity index (χ2v) is 12.7. The molecule has 0 atom stereocenters. The fourth-order valence-corrected chi connectivity index (χ4v) is 7.36. The Hall–Kier alpha value is -6.58. The van der Waals surface area contributed by atoms with Crippen molar-refractivity contribution in [3.63, 3.8) is 0 Å². The molecule has 0 amide bonds. The maximum atomic E-state index is 5.19. The van der Waals surface area contributed by atoms with Crippen LogP contribution in [0.1, 0.15) is 0 Å². The minimum Gasteiger partial charge on any atom is -0.309 e. The van der Waals surface area contributed by atoms with Crippen molar-refractivity contribution in [2.75, 3.05) is 0 Å². The Morgan fingerprint density at radius 1 is 0.347 bits per heavy atom. The summed E-state index contributed by atoms with van der Waals surface area (Å²) in [5.41, 5.74) is 8.53. The van der Waals surface area contributed by atoms with Gasteiger partial charge in [-0.05, 0) is 74.8 Å². The Balaban J connectivity index is 1.13. The molecule has 2 aromatic heterocycles. The summed E-state index contributed by atoms with van der Waals surface area (Å²) in [7, 11) is 0. The van der Waals surface area contributed by atoms with Gasteiger partial charge >= 0.3 is 0 Å². The lowest BCUT2D eigenvalue weighted by Gasteiger charge is -2.12. The highest BCUT2D eigenvalue weighted by atomic mass is 15.0. The third-order valence-electron chi connectivity index (χ3n) is 9.74. The largest absolute Gasteiger partial charge is 0.309 e. The van der Waals surface area contributed by atoms with Crippen LogP contribution in [0.15, 0.2) is 176 Å². The minimum atomic E-state index is 0.713. The zero-order chi connectivity index (χ0) is 32.3. The van der Waals surface area contributed by atoms with Gasteiger partial charge < -0.3 is 4.57 Å². The number of rotatable bonds is 4. The number of hydrogen-bond acceptors (Lipinski definition) is 2. The molecule has 10 rings (SSSR count). The Morgan fingerprint density at radius 2 is 1.00 bits per heavy atom. The van der Waals surface area contributed by atoms with Gasteiger partial charge in [0.05, 0.1) is 22.4 Å². The number of aromatic nitrogens is 3. The third kappa shape index (κ3) is 4.59. The van der Waals surface area contributed by atoms with Gasteiger partial charge in [-0.2, -0.15) is 0 Å². The molecular weight excluding hydrogens is 595 g/mol. The molecule has 0 fully saturated rings. The van der Waals surface area contributed by atoms with E-state index in [1.54, 1.807) is 0 Å². The van der Waals surface area contributed by atoms with Crippen LogP contribution in [0.25, 0.3) is 93.7 Å². The molecule has 228 valence electrons. The molecular formula is C46H29N3. The molecule has 0 radical (unpaired) electrons. The molecule has 0 saturated carbocycles. The summed E-state index contributed by atoms with van der Waals surface area (Å²) in [5.74, 6) is 0.713. The van der Waals surface area contributed by atoms with E-state index in [9.17, 15) is 0 Å². The Kier molecular flexibility index (Phi) is 6.18. The van der Waals surface area contributed by atoms with E-state index in [-0.39, 0.29) is 0 Å². The average molecular weight is 624 g/mol. The molecule has 0 unspecified atom stereocenters. The molecule has 0 saturated heterocycles. The number of hydrogen-bond donors (Lipinski definition) is 0. The van der Waals surface area contributed by atoms with E-state index in [4.69, 9.17) is 9.97 Å². The van der Waals surface area contributed by atoms with Crippen molar-refractivity contribution in [2.45, 2.75) is 0 Å². The lowest BCUT2D eigenvalue weighted by molar-refractivity contribution is 1.18. The molecule has 2 heterocycles. The first kappa shape index (κ1) is 27.5. The van der Waals surface area contributed by atoms with Crippen LogP contribution in [0.2, 0.25) is 0 Å². The fraction of sp³-hybridized carbons (Fsp3) is 0. The average Bonchev–Trinajstić information content (AvgIpc) is 3.49. The monoisotopic (exact) mass is 623 g/mol. The Bertz CT molecular complexity index is 2880. The molecule has 0 aliphatic carbocycles. The first-order chi connectivity index (χ1) is 24.3. The second kappa shape index (κ2) is 11.0. The summed E-state index contributed by atoms with van der Waals surface area (Å²) < 4.78 is 2.40. The normalized spacial score (nSPS) is 11.7. The van der Waals surface area contributed by atoms with Crippen LogP contribution < -0.4 is 0 Å². The fourth-order valence-electron chi connectivity index (χ4n) is 7.36. The van der Waals surface area contributed by atoms with Gasteiger partial charge in [0.2, 0.25) is 0 Å². The number of nitrogens with zero attached hydrogens (tertiary/aromatic N) is 3. The van der Waals surface area contributed by atoms with Crippen LogP contribution in [0.4, 0.5) is 0 Å². The van der Waals surface area contributed by atoms with Crippen molar-refractivity contribution < 1.29 is 0 Å². The highest BCUT2D eigenvalue weighted by Crippen LogP contribution is 2.37. The first-order valence-electron chi connectivity index (χ1n) is 16.7. The van der Waals surface area contributed by atoms with E-state index in [1.165, 1.54) is 48.7 Å². The van der Waals surface area contributed by atoms with Crippen molar-refractivity contribution in [2.24, 2.45) is 0 Å². The van der Waals surface area contributed by atoms with E-state index in [1.807, 2.05) is 6.07 Å². The highest BCUT2D eigenvalue weighted by Gasteiger charge is 2.15. The Labute approximate surface area is 283 Å². The van der Waals surface area contributed by atoms with Crippen molar-refractivity contribution >= 4 is 54.1 Å². The van der Waals surface area contributed by atoms with Gasteiger partial charge in [0.15, 0.2) is 5.82 Å². The summed E-state index contributed by atoms with van der Waals surface area (Å²) in [4.78, 5) is 10.3. The molecule has 3 heteroatoms. The lowest BCUT2D eigenvalue weighted by Crippen LogP contribution is -1.97. The minimum absolute atomic E-state index is 0.713. The van der Waals surface area contributed by atoms with Crippen molar-refractivity contribution in [1.82, 2.24) is 14.5 Å². The molecule has 3 nitrogen and oxygen atoms in total. The highest BCUT2D eigenvalue weighted by molar-refractivity contribution is 6.13. The molecule has 0 N–H and O–H groups in total. The van der Waals surface area contributed by atoms with Gasteiger partial charge in [-0.3, -0.25) is 0 Å². The third-order valence-corrected chi connectivity index (χ3v) is 9.74. The zero-order valence-electron chi connectivity index (χ0n) is 26.6. The van der Waals surface area contributed by atoms with Gasteiger partial charge in [-0.15, -0.1) is 0 Å². The van der Waals surface area contributed by atoms with E-state index in [0.29, 0.717) is 5.82 Å². The van der Waals surface area contributed by atoms with Crippen LogP contribution in [-0.4, -0.2) is 14.5 Å². The molecule has 10 aromatic rings. The molecule has 8 aromatic carbocycles. The standard InChI is InChI=1S/C46H29N3/c1-2-12-31(13-3-1)42-29-43(39-19-10-16-30-11-6-7-17-38(30)39)48-46(47-42)36-22-21-35-26-37(24-23-34(35)25-36)49-44-20-9-8-18-40(44)41-27-32-14-4-5-15-33(32)28-45(41)49/h1-29H. The summed E-state index contributed by atoms with van der Waals surface area (Å²) in [6, 6.07) is 62.7. The van der Waals surface area contributed by atoms with Crippen molar-refractivity contribution in [3.8, 4) is 39.6 Å². The van der Waals surface area contributed by atoms with Crippen LogP contribution >= 0.6 is 0 Å². The van der Waals surface area contributed by atoms with Gasteiger partial charge in [-0.25, -0.2) is 9.97 Å². The van der Waals surface area contributed by atoms with Crippen LogP contribution in [0.3, 0.4) is 0 Å². The summed E-state index contributed by atoms with van der Waals surface area (Å²) >= 11 is 0. The van der Waals surface area contributed by atoms with Crippen LogP contribution in [-0.2, 0) is 0 Å². The maximum absolute atomic E-state index is 5.19. The molecule has 0 bridgehead atoms. The van der Waals surface area contributed by atoms with Crippen molar-refractivity contribution in [1.29, 1.82) is 0 Å². The van der Waals surface area contributed by atoms with E-state index >= 15 is 0 Å². The van der Waals surface area contributed by atoms with Gasteiger partial charge in [0.25, 0.3) is 0 Å².